The van der Waals surface area contributed by atoms with E-state index in [2.05, 4.69) is 29.6 Å². The van der Waals surface area contributed by atoms with Crippen molar-refractivity contribution in [2.75, 3.05) is 13.2 Å². The number of nitrogens with one attached hydrogen (secondary N) is 1. The molecule has 1 amide bonds. The van der Waals surface area contributed by atoms with Crippen molar-refractivity contribution in [1.82, 2.24) is 5.32 Å². The van der Waals surface area contributed by atoms with Crippen LogP contribution in [0.15, 0.2) is 48.5 Å². The van der Waals surface area contributed by atoms with Gasteiger partial charge in [-0.3, -0.25) is 0 Å². The zero-order valence-electron chi connectivity index (χ0n) is 14.4. The Hall–Kier alpha value is -2.33. The van der Waals surface area contributed by atoms with Crippen LogP contribution in [0.25, 0.3) is 11.1 Å². The Kier molecular flexibility index (Phi) is 4.00. The molecular formula is C21H23NO3. The normalized spacial score (nSPS) is 24.2. The van der Waals surface area contributed by atoms with Crippen LogP contribution in [0.4, 0.5) is 4.79 Å². The molecule has 2 aromatic carbocycles. The molecule has 0 aromatic heterocycles. The topological polar surface area (TPSA) is 58.6 Å². The van der Waals surface area contributed by atoms with Gasteiger partial charge in [0.05, 0.1) is 0 Å². The van der Waals surface area contributed by atoms with Gasteiger partial charge in [0.25, 0.3) is 0 Å². The summed E-state index contributed by atoms with van der Waals surface area (Å²) in [6.45, 7) is 2.53. The molecule has 130 valence electrons. The van der Waals surface area contributed by atoms with Crippen molar-refractivity contribution < 1.29 is 14.6 Å². The summed E-state index contributed by atoms with van der Waals surface area (Å²) in [4.78, 5) is 12.1. The molecule has 2 aliphatic rings. The highest BCUT2D eigenvalue weighted by molar-refractivity contribution is 5.79. The Bertz CT molecular complexity index is 750. The van der Waals surface area contributed by atoms with Gasteiger partial charge in [0.2, 0.25) is 0 Å². The molecule has 4 nitrogen and oxygen atoms in total. The first-order valence-electron chi connectivity index (χ1n) is 8.82. The summed E-state index contributed by atoms with van der Waals surface area (Å²) in [5, 5.41) is 12.2. The molecule has 0 bridgehead atoms. The van der Waals surface area contributed by atoms with Crippen molar-refractivity contribution in [1.29, 1.82) is 0 Å². The van der Waals surface area contributed by atoms with E-state index in [0.717, 1.165) is 12.8 Å². The zero-order chi connectivity index (χ0) is 17.4. The molecule has 0 atom stereocenters. The molecule has 0 aliphatic heterocycles. The number of amides is 1. The van der Waals surface area contributed by atoms with Gasteiger partial charge in [0.15, 0.2) is 0 Å². The average molecular weight is 337 g/mol. The monoisotopic (exact) mass is 337 g/mol. The van der Waals surface area contributed by atoms with Gasteiger partial charge < -0.3 is 15.2 Å². The quantitative estimate of drug-likeness (QED) is 0.895. The fourth-order valence-corrected chi connectivity index (χ4v) is 4.17. The lowest BCUT2D eigenvalue weighted by molar-refractivity contribution is 0.0297. The second-order valence-electron chi connectivity index (χ2n) is 7.54. The van der Waals surface area contributed by atoms with E-state index in [-0.39, 0.29) is 30.1 Å². The maximum atomic E-state index is 12.1. The fourth-order valence-electron chi connectivity index (χ4n) is 4.17. The van der Waals surface area contributed by atoms with Gasteiger partial charge in [0, 0.05) is 18.6 Å². The summed E-state index contributed by atoms with van der Waals surface area (Å²) in [6, 6.07) is 16.7. The lowest BCUT2D eigenvalue weighted by Gasteiger charge is -2.43. The molecule has 2 N–H and O–H groups in total. The van der Waals surface area contributed by atoms with E-state index in [4.69, 9.17) is 4.74 Å². The Morgan fingerprint density at radius 3 is 2.24 bits per heavy atom. The second kappa shape index (κ2) is 6.19. The second-order valence-corrected chi connectivity index (χ2v) is 7.54. The fraction of sp³-hybridized carbons (Fsp3) is 0.381. The van der Waals surface area contributed by atoms with Crippen molar-refractivity contribution in [3.63, 3.8) is 0 Å². The highest BCUT2D eigenvalue weighted by Crippen LogP contribution is 2.44. The number of aliphatic hydroxyl groups excluding tert-OH is 1. The lowest BCUT2D eigenvalue weighted by atomic mass is 9.67. The summed E-state index contributed by atoms with van der Waals surface area (Å²) in [5.74, 6) is 0.0854. The molecule has 25 heavy (non-hydrogen) atoms. The highest BCUT2D eigenvalue weighted by atomic mass is 16.5. The predicted octanol–water partition coefficient (Wildman–Crippen LogP) is 3.69. The van der Waals surface area contributed by atoms with E-state index < -0.39 is 0 Å². The number of benzene rings is 2. The van der Waals surface area contributed by atoms with Crippen molar-refractivity contribution in [2.45, 2.75) is 31.7 Å². The van der Waals surface area contributed by atoms with Gasteiger partial charge in [-0.1, -0.05) is 55.5 Å². The summed E-state index contributed by atoms with van der Waals surface area (Å²) in [7, 11) is 0. The molecule has 0 heterocycles. The van der Waals surface area contributed by atoms with Crippen LogP contribution in [-0.2, 0) is 4.74 Å². The average Bonchev–Trinajstić information content (AvgIpc) is 2.92. The Morgan fingerprint density at radius 1 is 1.12 bits per heavy atom. The minimum absolute atomic E-state index is 0.0543. The number of hydrogen-bond donors (Lipinski definition) is 2. The standard InChI is InChI=1S/C21H23NO3/c1-21(13-23)10-14(11-21)22-20(24)25-12-19-17-8-4-2-6-15(17)16-7-3-5-9-18(16)19/h2-9,14,19,23H,10-13H2,1H3,(H,22,24). The third-order valence-corrected chi connectivity index (χ3v) is 5.53. The van der Waals surface area contributed by atoms with Crippen LogP contribution in [0.1, 0.15) is 36.8 Å². The van der Waals surface area contributed by atoms with Crippen LogP contribution in [0.5, 0.6) is 0 Å². The molecule has 2 aliphatic carbocycles. The highest BCUT2D eigenvalue weighted by Gasteiger charge is 2.40. The molecule has 0 spiro atoms. The molecule has 1 saturated carbocycles. The molecule has 2 aromatic rings. The molecule has 4 rings (SSSR count). The van der Waals surface area contributed by atoms with E-state index in [1.165, 1.54) is 22.3 Å². The Labute approximate surface area is 147 Å². The molecule has 4 heteroatoms. The number of carbonyl (C=O) groups excluding carboxylic acids is 1. The maximum absolute atomic E-state index is 12.1. The summed E-state index contributed by atoms with van der Waals surface area (Å²) in [5.41, 5.74) is 4.83. The first-order valence-corrected chi connectivity index (χ1v) is 8.82. The Balaban J connectivity index is 1.41. The lowest BCUT2D eigenvalue weighted by Crippen LogP contribution is -2.51. The molecule has 0 radical (unpaired) electrons. The van der Waals surface area contributed by atoms with Crippen molar-refractivity contribution in [3.05, 3.63) is 59.7 Å². The minimum atomic E-state index is -0.369. The summed E-state index contributed by atoms with van der Waals surface area (Å²) < 4.78 is 5.54. The van der Waals surface area contributed by atoms with Gasteiger partial charge in [-0.05, 0) is 40.5 Å². The van der Waals surface area contributed by atoms with E-state index in [1.54, 1.807) is 0 Å². The van der Waals surface area contributed by atoms with Crippen LogP contribution >= 0.6 is 0 Å². The predicted molar refractivity (Wildman–Crippen MR) is 96.4 cm³/mol. The van der Waals surface area contributed by atoms with E-state index in [1.807, 2.05) is 31.2 Å². The molecule has 0 unspecified atom stereocenters. The van der Waals surface area contributed by atoms with Gasteiger partial charge in [0.1, 0.15) is 6.61 Å². The number of hydrogen-bond acceptors (Lipinski definition) is 3. The third kappa shape index (κ3) is 2.91. The third-order valence-electron chi connectivity index (χ3n) is 5.53. The van der Waals surface area contributed by atoms with Crippen LogP contribution < -0.4 is 5.32 Å². The summed E-state index contributed by atoms with van der Waals surface area (Å²) >= 11 is 0. The molecule has 0 saturated heterocycles. The van der Waals surface area contributed by atoms with Crippen LogP contribution in [0.3, 0.4) is 0 Å². The van der Waals surface area contributed by atoms with Crippen molar-refractivity contribution in [2.24, 2.45) is 5.41 Å². The van der Waals surface area contributed by atoms with Crippen LogP contribution in [-0.4, -0.2) is 30.5 Å². The van der Waals surface area contributed by atoms with Crippen LogP contribution in [0.2, 0.25) is 0 Å². The van der Waals surface area contributed by atoms with E-state index in [9.17, 15) is 9.90 Å². The summed E-state index contributed by atoms with van der Waals surface area (Å²) in [6.07, 6.45) is 1.23. The SMILES string of the molecule is CC1(CO)CC(NC(=O)OCC2c3ccccc3-c3ccccc32)C1. The largest absolute Gasteiger partial charge is 0.449 e. The number of ether oxygens (including phenoxy) is 1. The Morgan fingerprint density at radius 2 is 1.68 bits per heavy atom. The van der Waals surface area contributed by atoms with Gasteiger partial charge in [-0.2, -0.15) is 0 Å². The van der Waals surface area contributed by atoms with Crippen molar-refractivity contribution in [3.8, 4) is 11.1 Å². The number of rotatable bonds is 4. The van der Waals surface area contributed by atoms with Gasteiger partial charge in [-0.25, -0.2) is 4.79 Å². The number of carbonyl (C=O) groups is 1. The zero-order valence-corrected chi connectivity index (χ0v) is 14.4. The van der Waals surface area contributed by atoms with Crippen molar-refractivity contribution >= 4 is 6.09 Å². The van der Waals surface area contributed by atoms with E-state index >= 15 is 0 Å². The number of fused-ring (bicyclic) bond motifs is 3. The van der Waals surface area contributed by atoms with Crippen LogP contribution in [0, 0.1) is 5.41 Å². The van der Waals surface area contributed by atoms with Gasteiger partial charge >= 0.3 is 6.09 Å². The smallest absolute Gasteiger partial charge is 0.407 e. The van der Waals surface area contributed by atoms with Gasteiger partial charge in [-0.15, -0.1) is 0 Å². The maximum Gasteiger partial charge on any atom is 0.407 e. The first kappa shape index (κ1) is 16.2. The number of aliphatic hydroxyl groups is 1. The molecule has 1 fully saturated rings. The minimum Gasteiger partial charge on any atom is -0.449 e. The number of alkyl carbamates (subject to hydrolysis) is 1. The molecular weight excluding hydrogens is 314 g/mol. The van der Waals surface area contributed by atoms with E-state index in [0.29, 0.717) is 6.61 Å². The first-order chi connectivity index (χ1) is 12.1.